The number of likely N-dealkylation sites (N-methyl/N-ethyl adjacent to an activating group) is 1. The van der Waals surface area contributed by atoms with Gasteiger partial charge in [-0.15, -0.1) is 0 Å². The van der Waals surface area contributed by atoms with Gasteiger partial charge in [-0.05, 0) is 43.3 Å². The van der Waals surface area contributed by atoms with Crippen LogP contribution in [0.25, 0.3) is 0 Å². The highest BCUT2D eigenvalue weighted by Crippen LogP contribution is 2.28. The van der Waals surface area contributed by atoms with Crippen LogP contribution in [-0.4, -0.2) is 54.4 Å². The first-order valence-electron chi connectivity index (χ1n) is 8.42. The molecule has 3 amide bonds. The number of hydrogen-bond donors (Lipinski definition) is 0. The third-order valence-corrected chi connectivity index (χ3v) is 3.87. The molecule has 6 heteroatoms. The average Bonchev–Trinajstić information content (AvgIpc) is 2.54. The van der Waals surface area contributed by atoms with Gasteiger partial charge in [0.25, 0.3) is 5.91 Å². The molecule has 0 aliphatic carbocycles. The molecule has 0 saturated carbocycles. The number of amides is 3. The number of carbonyl (C=O) groups is 4. The lowest BCUT2D eigenvalue weighted by Crippen LogP contribution is -2.38. The summed E-state index contributed by atoms with van der Waals surface area (Å²) in [6.07, 6.45) is 8.17. The van der Waals surface area contributed by atoms with Gasteiger partial charge in [-0.3, -0.25) is 24.1 Å². The Morgan fingerprint density at radius 2 is 1.76 bits per heavy atom. The first-order chi connectivity index (χ1) is 11.7. The molecule has 0 N–H and O–H groups in total. The molecule has 0 radical (unpaired) electrons. The lowest BCUT2D eigenvalue weighted by atomic mass is 9.81. The summed E-state index contributed by atoms with van der Waals surface area (Å²) >= 11 is 0. The molecular formula is C19H30N2O4. The molecule has 6 nitrogen and oxygen atoms in total. The second kappa shape index (κ2) is 11.3. The van der Waals surface area contributed by atoms with E-state index in [0.29, 0.717) is 31.7 Å². The normalized spacial score (nSPS) is 13.0. The maximum Gasteiger partial charge on any atom is 0.252 e. The van der Waals surface area contributed by atoms with E-state index in [-0.39, 0.29) is 17.2 Å². The Morgan fingerprint density at radius 3 is 2.28 bits per heavy atom. The predicted octanol–water partition coefficient (Wildman–Crippen LogP) is 2.20. The molecule has 0 bridgehead atoms. The minimum Gasteiger partial charge on any atom is -0.342 e. The van der Waals surface area contributed by atoms with E-state index in [1.807, 2.05) is 13.8 Å². The summed E-state index contributed by atoms with van der Waals surface area (Å²) in [5.74, 6) is -0.209. The molecular weight excluding hydrogens is 320 g/mol. The van der Waals surface area contributed by atoms with Crippen molar-refractivity contribution in [2.75, 3.05) is 20.1 Å². The number of imide groups is 1. The van der Waals surface area contributed by atoms with Gasteiger partial charge in [0.15, 0.2) is 0 Å². The van der Waals surface area contributed by atoms with Crippen LogP contribution in [0.15, 0.2) is 24.3 Å². The number of aldehydes is 1. The van der Waals surface area contributed by atoms with Crippen molar-refractivity contribution < 1.29 is 19.2 Å². The van der Waals surface area contributed by atoms with E-state index in [2.05, 4.69) is 6.92 Å². The summed E-state index contributed by atoms with van der Waals surface area (Å²) in [5.41, 5.74) is -0.225. The summed E-state index contributed by atoms with van der Waals surface area (Å²) in [6, 6.07) is 0. The second-order valence-electron chi connectivity index (χ2n) is 7.09. The van der Waals surface area contributed by atoms with E-state index in [1.165, 1.54) is 23.1 Å². The van der Waals surface area contributed by atoms with E-state index in [0.717, 1.165) is 12.8 Å². The van der Waals surface area contributed by atoms with Gasteiger partial charge in [0.1, 0.15) is 6.29 Å². The highest BCUT2D eigenvalue weighted by molar-refractivity contribution is 5.94. The van der Waals surface area contributed by atoms with E-state index < -0.39 is 0 Å². The van der Waals surface area contributed by atoms with Gasteiger partial charge in [0.05, 0.1) is 0 Å². The van der Waals surface area contributed by atoms with Crippen LogP contribution < -0.4 is 0 Å². The van der Waals surface area contributed by atoms with Crippen molar-refractivity contribution in [3.8, 4) is 0 Å². The van der Waals surface area contributed by atoms with Crippen molar-refractivity contribution >= 4 is 24.5 Å². The molecule has 0 aliphatic heterocycles. The van der Waals surface area contributed by atoms with Crippen LogP contribution in [-0.2, 0) is 19.2 Å². The minimum atomic E-state index is -0.314. The van der Waals surface area contributed by atoms with E-state index >= 15 is 0 Å². The van der Waals surface area contributed by atoms with Crippen LogP contribution in [0.1, 0.15) is 40.5 Å². The topological polar surface area (TPSA) is 74.8 Å². The molecule has 0 fully saturated rings. The van der Waals surface area contributed by atoms with Crippen molar-refractivity contribution in [1.29, 1.82) is 0 Å². The van der Waals surface area contributed by atoms with Crippen molar-refractivity contribution in [2.24, 2.45) is 11.3 Å². The van der Waals surface area contributed by atoms with Crippen LogP contribution in [0.2, 0.25) is 0 Å². The zero-order valence-electron chi connectivity index (χ0n) is 15.9. The maximum atomic E-state index is 11.8. The Labute approximate surface area is 150 Å². The molecule has 0 aliphatic rings. The molecule has 0 saturated heterocycles. The first-order valence-corrected chi connectivity index (χ1v) is 8.42. The summed E-state index contributed by atoms with van der Waals surface area (Å²) in [7, 11) is 1.69. The van der Waals surface area contributed by atoms with Gasteiger partial charge in [0.2, 0.25) is 12.3 Å². The largest absolute Gasteiger partial charge is 0.342 e. The SMILES string of the molecule is C/C=C\C(=O)N(C=O)CC(C)(C)CC(C)CCN(C)C(=O)/C=C\C=O. The third kappa shape index (κ3) is 9.59. The fraction of sp³-hybridized carbons (Fsp3) is 0.579. The molecule has 1 unspecified atom stereocenters. The Morgan fingerprint density at radius 1 is 1.12 bits per heavy atom. The van der Waals surface area contributed by atoms with Gasteiger partial charge >= 0.3 is 0 Å². The molecule has 0 heterocycles. The van der Waals surface area contributed by atoms with Crippen LogP contribution in [0, 0.1) is 11.3 Å². The summed E-state index contributed by atoms with van der Waals surface area (Å²) < 4.78 is 0. The average molecular weight is 350 g/mol. The van der Waals surface area contributed by atoms with Gasteiger partial charge in [0, 0.05) is 26.2 Å². The van der Waals surface area contributed by atoms with Gasteiger partial charge in [-0.1, -0.05) is 26.8 Å². The zero-order chi connectivity index (χ0) is 19.5. The molecule has 0 spiro atoms. The Kier molecular flexibility index (Phi) is 10.3. The Balaban J connectivity index is 4.55. The van der Waals surface area contributed by atoms with Crippen molar-refractivity contribution in [3.05, 3.63) is 24.3 Å². The van der Waals surface area contributed by atoms with Crippen LogP contribution >= 0.6 is 0 Å². The maximum absolute atomic E-state index is 11.8. The Hall–Kier alpha value is -2.24. The smallest absolute Gasteiger partial charge is 0.252 e. The van der Waals surface area contributed by atoms with E-state index in [1.54, 1.807) is 24.9 Å². The fourth-order valence-electron chi connectivity index (χ4n) is 2.75. The molecule has 1 atom stereocenters. The predicted molar refractivity (Wildman–Crippen MR) is 97.6 cm³/mol. The highest BCUT2D eigenvalue weighted by Gasteiger charge is 2.26. The lowest BCUT2D eigenvalue weighted by molar-refractivity contribution is -0.136. The molecule has 25 heavy (non-hydrogen) atoms. The quantitative estimate of drug-likeness (QED) is 0.423. The molecule has 0 aromatic heterocycles. The first kappa shape index (κ1) is 22.8. The van der Waals surface area contributed by atoms with Gasteiger partial charge in [-0.25, -0.2) is 0 Å². The molecule has 0 aromatic carbocycles. The third-order valence-electron chi connectivity index (χ3n) is 3.87. The van der Waals surface area contributed by atoms with Crippen molar-refractivity contribution in [2.45, 2.75) is 40.5 Å². The minimum absolute atomic E-state index is 0.206. The monoisotopic (exact) mass is 350 g/mol. The van der Waals surface area contributed by atoms with Gasteiger partial charge < -0.3 is 4.90 Å². The lowest BCUT2D eigenvalue weighted by Gasteiger charge is -2.32. The molecule has 0 aromatic rings. The second-order valence-corrected chi connectivity index (χ2v) is 7.09. The summed E-state index contributed by atoms with van der Waals surface area (Å²) in [4.78, 5) is 47.7. The van der Waals surface area contributed by atoms with Crippen molar-refractivity contribution in [1.82, 2.24) is 9.80 Å². The number of hydrogen-bond acceptors (Lipinski definition) is 4. The standard InChI is InChI=1S/C19H30N2O4/c1-6-8-18(25)21(15-23)14-19(3,4)13-16(2)10-11-20(5)17(24)9-7-12-22/h6-9,12,15-16H,10-11,13-14H2,1-5H3/b8-6-,9-7-. The summed E-state index contributed by atoms with van der Waals surface area (Å²) in [6.45, 7) is 8.78. The number of carbonyl (C=O) groups excluding carboxylic acids is 4. The number of allylic oxidation sites excluding steroid dienone is 2. The van der Waals surface area contributed by atoms with Crippen LogP contribution in [0.3, 0.4) is 0 Å². The van der Waals surface area contributed by atoms with Gasteiger partial charge in [-0.2, -0.15) is 0 Å². The number of nitrogens with zero attached hydrogens (tertiary/aromatic N) is 2. The summed E-state index contributed by atoms with van der Waals surface area (Å²) in [5, 5.41) is 0. The van der Waals surface area contributed by atoms with E-state index in [4.69, 9.17) is 0 Å². The van der Waals surface area contributed by atoms with E-state index in [9.17, 15) is 19.2 Å². The molecule has 140 valence electrons. The fourth-order valence-corrected chi connectivity index (χ4v) is 2.75. The Bertz CT molecular complexity index is 524. The highest BCUT2D eigenvalue weighted by atomic mass is 16.2. The van der Waals surface area contributed by atoms with Crippen LogP contribution in [0.4, 0.5) is 0 Å². The van der Waals surface area contributed by atoms with Crippen LogP contribution in [0.5, 0.6) is 0 Å². The molecule has 0 rings (SSSR count). The zero-order valence-corrected chi connectivity index (χ0v) is 15.9. The van der Waals surface area contributed by atoms with Crippen molar-refractivity contribution in [3.63, 3.8) is 0 Å². The number of rotatable bonds is 11.